The van der Waals surface area contributed by atoms with Crippen molar-refractivity contribution in [3.63, 3.8) is 0 Å². The molecule has 1 aromatic carbocycles. The number of imidazole rings is 1. The molecule has 6 rings (SSSR count). The zero-order valence-electron chi connectivity index (χ0n) is 21.5. The molecule has 9 heteroatoms. The fraction of sp³-hybridized carbons (Fsp3) is 0.310. The molecule has 3 aromatic heterocycles. The molecule has 4 heterocycles. The van der Waals surface area contributed by atoms with Crippen LogP contribution >= 0.6 is 0 Å². The van der Waals surface area contributed by atoms with Crippen LogP contribution in [0.2, 0.25) is 0 Å². The van der Waals surface area contributed by atoms with Gasteiger partial charge in [0.1, 0.15) is 29.6 Å². The zero-order chi connectivity index (χ0) is 26.1. The Hall–Kier alpha value is -4.24. The monoisotopic (exact) mass is 509 g/mol. The van der Waals surface area contributed by atoms with E-state index in [4.69, 9.17) is 4.74 Å². The summed E-state index contributed by atoms with van der Waals surface area (Å²) in [5, 5.41) is 7.40. The third-order valence-corrected chi connectivity index (χ3v) is 7.32. The number of allylic oxidation sites excluding steroid dienone is 1. The first-order chi connectivity index (χ1) is 18.5. The standard InChI is InChI=1S/C29H31N7O2/c1-19-15-21(4-6-26(19)38-23-9-13-36-14-10-30-27(36)17-23)33-28-24-16-22(3-5-25(24)31-18-32-28)34-29(37)20-7-11-35(2)12-8-20/h3-6,9-10,13-20,26H,7-8,11-12H2,1-2H3,(H,34,37)(H,31,32,33). The molecule has 1 amide bonds. The van der Waals surface area contributed by atoms with Crippen molar-refractivity contribution in [2.75, 3.05) is 30.8 Å². The number of anilines is 2. The number of benzene rings is 1. The van der Waals surface area contributed by atoms with E-state index in [1.807, 2.05) is 53.2 Å². The number of amides is 1. The Morgan fingerprint density at radius 3 is 2.79 bits per heavy atom. The molecule has 1 aliphatic carbocycles. The molecule has 2 unspecified atom stereocenters. The molecule has 2 N–H and O–H groups in total. The van der Waals surface area contributed by atoms with Gasteiger partial charge in [0.25, 0.3) is 0 Å². The molecule has 38 heavy (non-hydrogen) atoms. The molecule has 0 radical (unpaired) electrons. The largest absolute Gasteiger partial charge is 0.486 e. The third kappa shape index (κ3) is 5.10. The van der Waals surface area contributed by atoms with Crippen molar-refractivity contribution >= 4 is 34.0 Å². The highest BCUT2D eigenvalue weighted by Crippen LogP contribution is 2.28. The van der Waals surface area contributed by atoms with Gasteiger partial charge in [-0.1, -0.05) is 13.0 Å². The van der Waals surface area contributed by atoms with Gasteiger partial charge < -0.3 is 24.7 Å². The van der Waals surface area contributed by atoms with Crippen LogP contribution in [0.25, 0.3) is 16.6 Å². The summed E-state index contributed by atoms with van der Waals surface area (Å²) >= 11 is 0. The number of nitrogens with zero attached hydrogens (tertiary/aromatic N) is 5. The summed E-state index contributed by atoms with van der Waals surface area (Å²) in [4.78, 5) is 28.4. The fourth-order valence-electron chi connectivity index (χ4n) is 5.05. The van der Waals surface area contributed by atoms with Crippen molar-refractivity contribution in [3.05, 3.63) is 79.2 Å². The minimum absolute atomic E-state index is 0.0438. The van der Waals surface area contributed by atoms with Crippen molar-refractivity contribution in [1.82, 2.24) is 24.3 Å². The van der Waals surface area contributed by atoms with Gasteiger partial charge in [-0.15, -0.1) is 0 Å². The third-order valence-electron chi connectivity index (χ3n) is 7.32. The predicted molar refractivity (Wildman–Crippen MR) is 148 cm³/mol. The number of likely N-dealkylation sites (tertiary alicyclic amines) is 1. The van der Waals surface area contributed by atoms with Gasteiger partial charge in [0.15, 0.2) is 0 Å². The number of hydrogen-bond donors (Lipinski definition) is 2. The average molecular weight is 510 g/mol. The van der Waals surface area contributed by atoms with E-state index in [9.17, 15) is 4.79 Å². The summed E-state index contributed by atoms with van der Waals surface area (Å²) < 4.78 is 8.19. The van der Waals surface area contributed by atoms with Crippen LogP contribution in [0.4, 0.5) is 11.5 Å². The number of carbonyl (C=O) groups excluding carboxylic acids is 1. The lowest BCUT2D eigenvalue weighted by molar-refractivity contribution is -0.121. The highest BCUT2D eigenvalue weighted by atomic mass is 16.5. The molecule has 1 fully saturated rings. The van der Waals surface area contributed by atoms with E-state index in [2.05, 4.69) is 56.6 Å². The maximum absolute atomic E-state index is 12.8. The van der Waals surface area contributed by atoms with Crippen LogP contribution in [0, 0.1) is 11.8 Å². The van der Waals surface area contributed by atoms with Crippen LogP contribution in [0.1, 0.15) is 19.8 Å². The van der Waals surface area contributed by atoms with Gasteiger partial charge in [-0.2, -0.15) is 0 Å². The van der Waals surface area contributed by atoms with Gasteiger partial charge in [0.05, 0.1) is 5.52 Å². The molecule has 1 saturated heterocycles. The van der Waals surface area contributed by atoms with Gasteiger partial charge in [-0.05, 0) is 69.4 Å². The van der Waals surface area contributed by atoms with Crippen LogP contribution in [-0.4, -0.2) is 56.4 Å². The Morgan fingerprint density at radius 1 is 1.08 bits per heavy atom. The van der Waals surface area contributed by atoms with Crippen molar-refractivity contribution < 1.29 is 9.53 Å². The van der Waals surface area contributed by atoms with E-state index >= 15 is 0 Å². The van der Waals surface area contributed by atoms with Crippen molar-refractivity contribution in [2.45, 2.75) is 25.9 Å². The molecule has 2 aliphatic rings. The van der Waals surface area contributed by atoms with E-state index < -0.39 is 0 Å². The van der Waals surface area contributed by atoms with E-state index in [1.165, 1.54) is 0 Å². The normalized spacial score (nSPS) is 20.4. The quantitative estimate of drug-likeness (QED) is 0.395. The molecule has 0 spiro atoms. The first kappa shape index (κ1) is 24.1. The number of aromatic nitrogens is 4. The molecule has 4 aromatic rings. The number of pyridine rings is 1. The Balaban J connectivity index is 1.15. The molecule has 0 bridgehead atoms. The van der Waals surface area contributed by atoms with Crippen LogP contribution in [-0.2, 0) is 4.79 Å². The van der Waals surface area contributed by atoms with Gasteiger partial charge in [-0.25, -0.2) is 15.0 Å². The maximum atomic E-state index is 12.8. The minimum Gasteiger partial charge on any atom is -0.486 e. The topological polar surface area (TPSA) is 96.7 Å². The van der Waals surface area contributed by atoms with Gasteiger partial charge >= 0.3 is 0 Å². The number of carbonyl (C=O) groups is 1. The molecule has 9 nitrogen and oxygen atoms in total. The first-order valence-corrected chi connectivity index (χ1v) is 13.0. The second kappa shape index (κ2) is 10.3. The van der Waals surface area contributed by atoms with Crippen molar-refractivity contribution in [3.8, 4) is 5.75 Å². The van der Waals surface area contributed by atoms with E-state index in [0.717, 1.165) is 59.6 Å². The number of fused-ring (bicyclic) bond motifs is 2. The van der Waals surface area contributed by atoms with Gasteiger partial charge in [0.2, 0.25) is 5.91 Å². The van der Waals surface area contributed by atoms with E-state index in [1.54, 1.807) is 12.5 Å². The number of nitrogens with one attached hydrogen (secondary N) is 2. The van der Waals surface area contributed by atoms with Crippen LogP contribution in [0.3, 0.4) is 0 Å². The smallest absolute Gasteiger partial charge is 0.227 e. The summed E-state index contributed by atoms with van der Waals surface area (Å²) in [5.74, 6) is 1.73. The predicted octanol–water partition coefficient (Wildman–Crippen LogP) is 4.51. The number of ether oxygens (including phenoxy) is 1. The Morgan fingerprint density at radius 2 is 1.95 bits per heavy atom. The zero-order valence-corrected chi connectivity index (χ0v) is 21.5. The first-order valence-electron chi connectivity index (χ1n) is 13.0. The molecule has 2 atom stereocenters. The summed E-state index contributed by atoms with van der Waals surface area (Å²) in [5.41, 5.74) is 3.35. The van der Waals surface area contributed by atoms with Crippen LogP contribution in [0.5, 0.6) is 5.75 Å². The molecule has 194 valence electrons. The maximum Gasteiger partial charge on any atom is 0.227 e. The lowest BCUT2D eigenvalue weighted by atomic mass is 9.96. The summed E-state index contributed by atoms with van der Waals surface area (Å²) in [6.45, 7) is 4.02. The minimum atomic E-state index is -0.0958. The Labute approximate surface area is 221 Å². The van der Waals surface area contributed by atoms with E-state index in [-0.39, 0.29) is 23.8 Å². The number of piperidine rings is 1. The molecule has 0 saturated carbocycles. The molecule has 1 aliphatic heterocycles. The lowest BCUT2D eigenvalue weighted by Crippen LogP contribution is -2.35. The Kier molecular flexibility index (Phi) is 6.51. The lowest BCUT2D eigenvalue weighted by Gasteiger charge is -2.28. The van der Waals surface area contributed by atoms with Gasteiger partial charge in [-0.3, -0.25) is 4.79 Å². The van der Waals surface area contributed by atoms with Crippen molar-refractivity contribution in [2.24, 2.45) is 11.8 Å². The van der Waals surface area contributed by atoms with Crippen LogP contribution < -0.4 is 15.4 Å². The summed E-state index contributed by atoms with van der Waals surface area (Å²) in [6, 6.07) is 9.65. The second-order valence-electron chi connectivity index (χ2n) is 10.1. The second-order valence-corrected chi connectivity index (χ2v) is 10.1. The Bertz CT molecular complexity index is 1530. The highest BCUT2D eigenvalue weighted by molar-refractivity contribution is 5.97. The summed E-state index contributed by atoms with van der Waals surface area (Å²) in [6.07, 6.45) is 15.1. The average Bonchev–Trinajstić information content (AvgIpc) is 3.39. The van der Waals surface area contributed by atoms with E-state index in [0.29, 0.717) is 5.82 Å². The molecular formula is C29H31N7O2. The molecular weight excluding hydrogens is 478 g/mol. The summed E-state index contributed by atoms with van der Waals surface area (Å²) in [7, 11) is 2.10. The van der Waals surface area contributed by atoms with Gasteiger partial charge in [0, 0.05) is 53.3 Å². The van der Waals surface area contributed by atoms with Crippen LogP contribution in [0.15, 0.2) is 79.2 Å². The SMILES string of the molecule is CC1C=C(Nc2ncnc3ccc(NC(=O)C4CCN(C)CC4)cc23)C=CC1Oc1ccn2ccnc2c1. The fourth-order valence-corrected chi connectivity index (χ4v) is 5.05. The van der Waals surface area contributed by atoms with Crippen molar-refractivity contribution in [1.29, 1.82) is 0 Å². The number of hydrogen-bond acceptors (Lipinski definition) is 7. The highest BCUT2D eigenvalue weighted by Gasteiger charge is 2.24. The number of rotatable bonds is 6.